The first-order valence-corrected chi connectivity index (χ1v) is 13.2. The molecule has 1 unspecified atom stereocenters. The van der Waals surface area contributed by atoms with Crippen LogP contribution in [0.1, 0.15) is 70.2 Å². The van der Waals surface area contributed by atoms with Gasteiger partial charge in [0, 0.05) is 11.1 Å². The number of amides is 1. The number of carbonyl (C=O) groups is 2. The van der Waals surface area contributed by atoms with E-state index in [4.69, 9.17) is 18.7 Å². The van der Waals surface area contributed by atoms with Crippen LogP contribution in [0.4, 0.5) is 4.79 Å². The summed E-state index contributed by atoms with van der Waals surface area (Å²) in [7, 11) is 1.29. The third-order valence-electron chi connectivity index (χ3n) is 6.38. The van der Waals surface area contributed by atoms with Crippen molar-refractivity contribution in [3.8, 4) is 34.7 Å². The van der Waals surface area contributed by atoms with E-state index in [0.717, 1.165) is 29.5 Å². The fourth-order valence-electron chi connectivity index (χ4n) is 4.74. The van der Waals surface area contributed by atoms with E-state index in [9.17, 15) is 14.9 Å². The third-order valence-corrected chi connectivity index (χ3v) is 6.38. The number of hydrogen-bond acceptors (Lipinski definition) is 9. The second-order valence-electron chi connectivity index (χ2n) is 10.9. The van der Waals surface area contributed by atoms with Crippen LogP contribution in [0, 0.1) is 11.3 Å². The number of esters is 1. The van der Waals surface area contributed by atoms with Gasteiger partial charge >= 0.3 is 12.1 Å². The lowest BCUT2D eigenvalue weighted by Gasteiger charge is -2.36. The van der Waals surface area contributed by atoms with Gasteiger partial charge in [-0.2, -0.15) is 10.2 Å². The number of carbonyl (C=O) groups excluding carboxylic acids is 2. The molecule has 10 nitrogen and oxygen atoms in total. The average molecular weight is 547 g/mol. The average Bonchev–Trinajstić information content (AvgIpc) is 3.40. The summed E-state index contributed by atoms with van der Waals surface area (Å²) < 4.78 is 21.8. The number of hydrogen-bond donors (Lipinski definition) is 0. The summed E-state index contributed by atoms with van der Waals surface area (Å²) in [6, 6.07) is 12.7. The molecular weight excluding hydrogens is 512 g/mol. The Hall–Kier alpha value is -4.39. The van der Waals surface area contributed by atoms with Gasteiger partial charge in [-0.25, -0.2) is 4.79 Å². The molecule has 2 aromatic carbocycles. The van der Waals surface area contributed by atoms with Crippen LogP contribution < -0.4 is 4.74 Å². The number of nitriles is 1. The molecule has 1 aliphatic carbocycles. The van der Waals surface area contributed by atoms with Crippen LogP contribution in [-0.2, 0) is 20.7 Å². The van der Waals surface area contributed by atoms with Crippen LogP contribution in [0.25, 0.3) is 22.8 Å². The molecule has 0 fully saturated rings. The largest absolute Gasteiger partial charge is 0.490 e. The molecule has 0 saturated carbocycles. The molecule has 0 spiro atoms. The first-order valence-electron chi connectivity index (χ1n) is 13.2. The van der Waals surface area contributed by atoms with Crippen molar-refractivity contribution in [1.29, 1.82) is 5.26 Å². The van der Waals surface area contributed by atoms with Crippen molar-refractivity contribution in [2.75, 3.05) is 13.7 Å². The van der Waals surface area contributed by atoms with Gasteiger partial charge in [0.1, 0.15) is 24.0 Å². The summed E-state index contributed by atoms with van der Waals surface area (Å²) in [5.41, 5.74) is 2.90. The minimum absolute atomic E-state index is 0.0695. The molecule has 0 aliphatic heterocycles. The summed E-state index contributed by atoms with van der Waals surface area (Å²) in [5, 5.41) is 13.8. The van der Waals surface area contributed by atoms with Gasteiger partial charge in [0.25, 0.3) is 5.89 Å². The highest BCUT2D eigenvalue weighted by Crippen LogP contribution is 2.39. The van der Waals surface area contributed by atoms with Gasteiger partial charge in [-0.05, 0) is 83.2 Å². The minimum atomic E-state index is -0.726. The number of rotatable bonds is 7. The second kappa shape index (κ2) is 11.8. The number of nitrogens with zero attached hydrogens (tertiary/aromatic N) is 4. The van der Waals surface area contributed by atoms with E-state index in [0.29, 0.717) is 29.1 Å². The standard InChI is InChI=1S/C30H34N4O6/c1-18(2)38-25-14-13-19(15-20(25)16-31)28-32-27(33-40-28)23-11-7-10-22-21(23)9-8-12-24(22)34(17-26(35)37-6)29(36)39-30(3,4)5/h7,10-11,13-15,18,24H,8-9,12,17H2,1-6H3. The van der Waals surface area contributed by atoms with Gasteiger partial charge in [-0.15, -0.1) is 0 Å². The van der Waals surface area contributed by atoms with Crippen LogP contribution in [0.2, 0.25) is 0 Å². The lowest BCUT2D eigenvalue weighted by atomic mass is 9.84. The van der Waals surface area contributed by atoms with Gasteiger partial charge in [0.05, 0.1) is 24.8 Å². The van der Waals surface area contributed by atoms with Gasteiger partial charge in [0.2, 0.25) is 5.82 Å². The van der Waals surface area contributed by atoms with Crippen molar-refractivity contribution in [2.24, 2.45) is 0 Å². The number of ether oxygens (including phenoxy) is 3. The molecule has 1 aromatic heterocycles. The van der Waals surface area contributed by atoms with Crippen molar-refractivity contribution in [3.63, 3.8) is 0 Å². The van der Waals surface area contributed by atoms with Crippen LogP contribution in [0.15, 0.2) is 40.9 Å². The predicted octanol–water partition coefficient (Wildman–Crippen LogP) is 5.85. The number of aromatic nitrogens is 2. The lowest BCUT2D eigenvalue weighted by molar-refractivity contribution is -0.142. The second-order valence-corrected chi connectivity index (χ2v) is 10.9. The first kappa shape index (κ1) is 28.6. The molecule has 0 radical (unpaired) electrons. The molecule has 1 aliphatic rings. The summed E-state index contributed by atoms with van der Waals surface area (Å²) in [5.74, 6) is 0.628. The van der Waals surface area contributed by atoms with E-state index in [1.807, 2.05) is 32.0 Å². The molecule has 10 heteroatoms. The maximum absolute atomic E-state index is 13.2. The highest BCUT2D eigenvalue weighted by molar-refractivity contribution is 5.79. The van der Waals surface area contributed by atoms with Crippen LogP contribution in [-0.4, -0.2) is 52.5 Å². The molecule has 0 bridgehead atoms. The number of fused-ring (bicyclic) bond motifs is 1. The maximum Gasteiger partial charge on any atom is 0.411 e. The highest BCUT2D eigenvalue weighted by atomic mass is 16.6. The molecule has 0 N–H and O–H groups in total. The van der Waals surface area contributed by atoms with E-state index in [2.05, 4.69) is 16.2 Å². The number of benzene rings is 2. The van der Waals surface area contributed by atoms with Gasteiger partial charge in [-0.3, -0.25) is 9.69 Å². The Balaban J connectivity index is 1.69. The summed E-state index contributed by atoms with van der Waals surface area (Å²) in [6.45, 7) is 8.91. The summed E-state index contributed by atoms with van der Waals surface area (Å²) >= 11 is 0. The molecule has 40 heavy (non-hydrogen) atoms. The number of methoxy groups -OCH3 is 1. The Bertz CT molecular complexity index is 1430. The van der Waals surface area contributed by atoms with E-state index in [1.54, 1.807) is 39.0 Å². The van der Waals surface area contributed by atoms with Gasteiger partial charge in [-0.1, -0.05) is 23.4 Å². The summed E-state index contributed by atoms with van der Waals surface area (Å²) in [4.78, 5) is 31.5. The molecule has 1 heterocycles. The highest BCUT2D eigenvalue weighted by Gasteiger charge is 2.35. The van der Waals surface area contributed by atoms with Crippen molar-refractivity contribution < 1.29 is 28.3 Å². The fraction of sp³-hybridized carbons (Fsp3) is 0.433. The zero-order chi connectivity index (χ0) is 29.0. The van der Waals surface area contributed by atoms with Crippen molar-refractivity contribution in [2.45, 2.75) is 71.6 Å². The van der Waals surface area contributed by atoms with E-state index in [-0.39, 0.29) is 18.5 Å². The maximum atomic E-state index is 13.2. The van der Waals surface area contributed by atoms with Gasteiger partial charge in [0.15, 0.2) is 0 Å². The molecule has 4 rings (SSSR count). The Kier molecular flexibility index (Phi) is 8.43. The molecular formula is C30H34N4O6. The Morgan fingerprint density at radius 2 is 2.00 bits per heavy atom. The molecule has 0 saturated heterocycles. The van der Waals surface area contributed by atoms with E-state index >= 15 is 0 Å². The lowest BCUT2D eigenvalue weighted by Crippen LogP contribution is -2.43. The van der Waals surface area contributed by atoms with Crippen LogP contribution in [0.5, 0.6) is 5.75 Å². The Morgan fingerprint density at radius 3 is 2.67 bits per heavy atom. The van der Waals surface area contributed by atoms with E-state index in [1.165, 1.54) is 12.0 Å². The third kappa shape index (κ3) is 6.42. The molecule has 3 aromatic rings. The van der Waals surface area contributed by atoms with Crippen molar-refractivity contribution >= 4 is 12.1 Å². The fourth-order valence-corrected chi connectivity index (χ4v) is 4.74. The van der Waals surface area contributed by atoms with Crippen molar-refractivity contribution in [1.82, 2.24) is 15.0 Å². The zero-order valence-corrected chi connectivity index (χ0v) is 23.7. The van der Waals surface area contributed by atoms with Gasteiger partial charge < -0.3 is 18.7 Å². The van der Waals surface area contributed by atoms with E-state index < -0.39 is 23.7 Å². The molecule has 210 valence electrons. The quantitative estimate of drug-likeness (QED) is 0.335. The Morgan fingerprint density at radius 1 is 1.23 bits per heavy atom. The Labute approximate surface area is 233 Å². The SMILES string of the molecule is COC(=O)CN(C(=O)OC(C)(C)C)C1CCCc2c(-c3noc(-c4ccc(OC(C)C)c(C#N)c4)n3)cccc21. The summed E-state index contributed by atoms with van der Waals surface area (Å²) in [6.07, 6.45) is 1.53. The smallest absolute Gasteiger partial charge is 0.411 e. The topological polar surface area (TPSA) is 128 Å². The first-order chi connectivity index (χ1) is 19.0. The zero-order valence-electron chi connectivity index (χ0n) is 23.7. The molecule has 1 amide bonds. The van der Waals surface area contributed by atoms with Crippen LogP contribution in [0.3, 0.4) is 0 Å². The monoisotopic (exact) mass is 546 g/mol. The normalized spacial score (nSPS) is 14.7. The predicted molar refractivity (Wildman–Crippen MR) is 146 cm³/mol. The van der Waals surface area contributed by atoms with Crippen LogP contribution >= 0.6 is 0 Å². The minimum Gasteiger partial charge on any atom is -0.490 e. The van der Waals surface area contributed by atoms with Crippen molar-refractivity contribution in [3.05, 3.63) is 53.1 Å². The molecule has 1 atom stereocenters.